The summed E-state index contributed by atoms with van der Waals surface area (Å²) < 4.78 is 1.18. The van der Waals surface area contributed by atoms with Crippen molar-refractivity contribution >= 4 is 33.0 Å². The molecule has 2 aromatic rings. The fraction of sp³-hybridized carbons (Fsp3) is 0.375. The molecule has 0 unspecified atom stereocenters. The van der Waals surface area contributed by atoms with Crippen LogP contribution in [0.2, 0.25) is 0 Å². The lowest BCUT2D eigenvalue weighted by Gasteiger charge is -2.20. The van der Waals surface area contributed by atoms with Crippen LogP contribution in [0.5, 0.6) is 0 Å². The number of anilines is 1. The number of thiophene rings is 1. The molecule has 2 rings (SSSR count). The van der Waals surface area contributed by atoms with Gasteiger partial charge in [0.2, 0.25) is 0 Å². The van der Waals surface area contributed by atoms with E-state index in [4.69, 9.17) is 0 Å². The minimum atomic E-state index is 0.920. The molecule has 4 heteroatoms. The van der Waals surface area contributed by atoms with Crippen LogP contribution in [0.15, 0.2) is 39.5 Å². The van der Waals surface area contributed by atoms with Crippen molar-refractivity contribution in [2.75, 3.05) is 18.5 Å². The maximum absolute atomic E-state index is 3.68. The van der Waals surface area contributed by atoms with Gasteiger partial charge in [0, 0.05) is 30.3 Å². The third-order valence-electron chi connectivity index (χ3n) is 3.22. The van der Waals surface area contributed by atoms with Crippen LogP contribution in [0.3, 0.4) is 0 Å². The Balaban J connectivity index is 2.00. The molecule has 1 N–H and O–H groups in total. The molecular weight excluding hydrogens is 332 g/mol. The molecule has 1 heterocycles. The smallest absolute Gasteiger partial charge is 0.0434 e. The first-order valence-corrected chi connectivity index (χ1v) is 8.65. The summed E-state index contributed by atoms with van der Waals surface area (Å²) in [7, 11) is 2.13. The van der Waals surface area contributed by atoms with E-state index in [-0.39, 0.29) is 0 Å². The molecule has 0 fully saturated rings. The second kappa shape index (κ2) is 7.81. The summed E-state index contributed by atoms with van der Waals surface area (Å²) in [6.45, 7) is 5.11. The zero-order valence-electron chi connectivity index (χ0n) is 12.0. The molecule has 1 aromatic heterocycles. The summed E-state index contributed by atoms with van der Waals surface area (Å²) in [6.07, 6.45) is 1.17. The van der Waals surface area contributed by atoms with E-state index in [2.05, 4.69) is 75.1 Å². The first kappa shape index (κ1) is 15.5. The van der Waals surface area contributed by atoms with Gasteiger partial charge in [-0.1, -0.05) is 28.9 Å². The lowest BCUT2D eigenvalue weighted by Crippen LogP contribution is -2.17. The number of hydrogen-bond acceptors (Lipinski definition) is 3. The van der Waals surface area contributed by atoms with E-state index < -0.39 is 0 Å². The zero-order valence-corrected chi connectivity index (χ0v) is 14.4. The minimum absolute atomic E-state index is 0.920. The van der Waals surface area contributed by atoms with E-state index in [9.17, 15) is 0 Å². The van der Waals surface area contributed by atoms with Crippen molar-refractivity contribution in [3.8, 4) is 0 Å². The summed E-state index contributed by atoms with van der Waals surface area (Å²) in [5, 5.41) is 7.76. The van der Waals surface area contributed by atoms with Gasteiger partial charge in [0.25, 0.3) is 0 Å². The highest BCUT2D eigenvalue weighted by atomic mass is 79.9. The average Bonchev–Trinajstić information content (AvgIpc) is 2.93. The Morgan fingerprint density at radius 2 is 2.15 bits per heavy atom. The molecule has 0 saturated carbocycles. The second-order valence-electron chi connectivity index (χ2n) is 4.94. The maximum atomic E-state index is 3.68. The van der Waals surface area contributed by atoms with Crippen molar-refractivity contribution in [2.45, 2.75) is 26.4 Å². The van der Waals surface area contributed by atoms with Crippen molar-refractivity contribution in [1.29, 1.82) is 0 Å². The molecule has 0 aliphatic heterocycles. The molecule has 0 aliphatic carbocycles. The van der Waals surface area contributed by atoms with E-state index in [0.717, 1.165) is 19.6 Å². The van der Waals surface area contributed by atoms with Crippen molar-refractivity contribution in [3.05, 3.63) is 50.6 Å². The standard InChI is InChI=1S/C16H21BrN2S/c1-3-7-18-10-14-4-5-15(9-16(14)17)19(2)11-13-6-8-20-12-13/h4-6,8-9,12,18H,3,7,10-11H2,1-2H3. The van der Waals surface area contributed by atoms with E-state index >= 15 is 0 Å². The van der Waals surface area contributed by atoms with E-state index in [1.807, 2.05) is 0 Å². The molecule has 2 nitrogen and oxygen atoms in total. The lowest BCUT2D eigenvalue weighted by atomic mass is 10.2. The van der Waals surface area contributed by atoms with Crippen molar-refractivity contribution in [2.24, 2.45) is 0 Å². The second-order valence-corrected chi connectivity index (χ2v) is 6.57. The highest BCUT2D eigenvalue weighted by Gasteiger charge is 2.06. The first-order chi connectivity index (χ1) is 9.70. The monoisotopic (exact) mass is 352 g/mol. The zero-order chi connectivity index (χ0) is 14.4. The Kier molecular flexibility index (Phi) is 6.07. The molecule has 0 spiro atoms. The maximum Gasteiger partial charge on any atom is 0.0434 e. The highest BCUT2D eigenvalue weighted by molar-refractivity contribution is 9.10. The van der Waals surface area contributed by atoms with Crippen LogP contribution in [0, 0.1) is 0 Å². The number of hydrogen-bond donors (Lipinski definition) is 1. The van der Waals surface area contributed by atoms with Crippen molar-refractivity contribution < 1.29 is 0 Å². The van der Waals surface area contributed by atoms with Gasteiger partial charge in [-0.05, 0) is 53.1 Å². The SMILES string of the molecule is CCCNCc1ccc(N(C)Cc2ccsc2)cc1Br. The average molecular weight is 353 g/mol. The van der Waals surface area contributed by atoms with Gasteiger partial charge in [-0.2, -0.15) is 11.3 Å². The Morgan fingerprint density at radius 3 is 2.80 bits per heavy atom. The molecular formula is C16H21BrN2S. The summed E-state index contributed by atoms with van der Waals surface area (Å²) in [6, 6.07) is 8.78. The van der Waals surface area contributed by atoms with Crippen LogP contribution in [-0.4, -0.2) is 13.6 Å². The third kappa shape index (κ3) is 4.33. The summed E-state index contributed by atoms with van der Waals surface area (Å²) in [5.74, 6) is 0. The van der Waals surface area contributed by atoms with Crippen LogP contribution in [0.1, 0.15) is 24.5 Å². The predicted octanol–water partition coefficient (Wildman–Crippen LogP) is 4.65. The molecule has 0 radical (unpaired) electrons. The molecule has 0 aliphatic rings. The van der Waals surface area contributed by atoms with Gasteiger partial charge in [-0.15, -0.1) is 0 Å². The highest BCUT2D eigenvalue weighted by Crippen LogP contribution is 2.25. The molecule has 0 saturated heterocycles. The predicted molar refractivity (Wildman–Crippen MR) is 92.6 cm³/mol. The summed E-state index contributed by atoms with van der Waals surface area (Å²) in [4.78, 5) is 2.27. The van der Waals surface area contributed by atoms with Gasteiger partial charge < -0.3 is 10.2 Å². The first-order valence-electron chi connectivity index (χ1n) is 6.92. The largest absolute Gasteiger partial charge is 0.370 e. The van der Waals surface area contributed by atoms with Gasteiger partial charge in [-0.3, -0.25) is 0 Å². The molecule has 108 valence electrons. The fourth-order valence-corrected chi connectivity index (χ4v) is 3.23. The Bertz CT molecular complexity index is 525. The van der Waals surface area contributed by atoms with E-state index in [1.165, 1.54) is 27.7 Å². The van der Waals surface area contributed by atoms with Crippen LogP contribution in [0.4, 0.5) is 5.69 Å². The van der Waals surface area contributed by atoms with Gasteiger partial charge >= 0.3 is 0 Å². The number of rotatable bonds is 7. The molecule has 0 amide bonds. The molecule has 20 heavy (non-hydrogen) atoms. The number of nitrogens with one attached hydrogen (secondary N) is 1. The minimum Gasteiger partial charge on any atom is -0.370 e. The van der Waals surface area contributed by atoms with Crippen LogP contribution in [0.25, 0.3) is 0 Å². The summed E-state index contributed by atoms with van der Waals surface area (Å²) in [5.41, 5.74) is 3.91. The number of halogens is 1. The lowest BCUT2D eigenvalue weighted by molar-refractivity contribution is 0.674. The van der Waals surface area contributed by atoms with Crippen LogP contribution < -0.4 is 10.2 Å². The number of nitrogens with zero attached hydrogens (tertiary/aromatic N) is 1. The van der Waals surface area contributed by atoms with Gasteiger partial charge in [0.05, 0.1) is 0 Å². The van der Waals surface area contributed by atoms with Crippen LogP contribution in [-0.2, 0) is 13.1 Å². The van der Waals surface area contributed by atoms with E-state index in [0.29, 0.717) is 0 Å². The van der Waals surface area contributed by atoms with Gasteiger partial charge in [0.1, 0.15) is 0 Å². The summed E-state index contributed by atoms with van der Waals surface area (Å²) >= 11 is 5.43. The molecule has 0 atom stereocenters. The fourth-order valence-electron chi connectivity index (χ4n) is 2.06. The van der Waals surface area contributed by atoms with Gasteiger partial charge in [0.15, 0.2) is 0 Å². The van der Waals surface area contributed by atoms with E-state index in [1.54, 1.807) is 11.3 Å². The normalized spacial score (nSPS) is 10.8. The quantitative estimate of drug-likeness (QED) is 0.729. The third-order valence-corrected chi connectivity index (χ3v) is 4.69. The Labute approximate surface area is 133 Å². The van der Waals surface area contributed by atoms with Gasteiger partial charge in [-0.25, -0.2) is 0 Å². The Morgan fingerprint density at radius 1 is 1.30 bits per heavy atom. The van der Waals surface area contributed by atoms with Crippen molar-refractivity contribution in [1.82, 2.24) is 5.32 Å². The van der Waals surface area contributed by atoms with Crippen LogP contribution >= 0.6 is 27.3 Å². The molecule has 1 aromatic carbocycles. The van der Waals surface area contributed by atoms with Crippen molar-refractivity contribution in [3.63, 3.8) is 0 Å². The molecule has 0 bridgehead atoms. The Hall–Kier alpha value is -0.840. The topological polar surface area (TPSA) is 15.3 Å². The number of benzene rings is 1.